The number of amides is 1. The fourth-order valence-electron chi connectivity index (χ4n) is 1.91. The lowest BCUT2D eigenvalue weighted by atomic mass is 10.5. The van der Waals surface area contributed by atoms with Crippen LogP contribution >= 0.6 is 0 Å². The fourth-order valence-corrected chi connectivity index (χ4v) is 3.05. The van der Waals surface area contributed by atoms with Crippen LogP contribution in [0.4, 0.5) is 4.79 Å². The van der Waals surface area contributed by atoms with Crippen molar-refractivity contribution in [1.29, 1.82) is 0 Å². The van der Waals surface area contributed by atoms with Crippen molar-refractivity contribution in [2.45, 2.75) is 44.3 Å². The van der Waals surface area contributed by atoms with Crippen LogP contribution in [-0.4, -0.2) is 52.5 Å². The standard InChI is InChI=1S/C11H18N4O3S/c1-3-7-19(17,18)10-12-8-15(13-10)11(16)14(4-2)9-5-6-9/h8-9H,3-7H2,1-2H3. The van der Waals surface area contributed by atoms with Crippen molar-refractivity contribution in [3.05, 3.63) is 6.33 Å². The van der Waals surface area contributed by atoms with Crippen LogP contribution in [0.1, 0.15) is 33.1 Å². The van der Waals surface area contributed by atoms with E-state index in [4.69, 9.17) is 0 Å². The summed E-state index contributed by atoms with van der Waals surface area (Å²) in [4.78, 5) is 17.6. The van der Waals surface area contributed by atoms with Crippen LogP contribution < -0.4 is 0 Å². The summed E-state index contributed by atoms with van der Waals surface area (Å²) in [5.74, 6) is -0.00861. The van der Waals surface area contributed by atoms with Crippen molar-refractivity contribution in [2.24, 2.45) is 0 Å². The van der Waals surface area contributed by atoms with Crippen molar-refractivity contribution in [3.63, 3.8) is 0 Å². The highest BCUT2D eigenvalue weighted by Gasteiger charge is 2.33. The number of hydrogen-bond donors (Lipinski definition) is 0. The first kappa shape index (κ1) is 14.0. The third kappa shape index (κ3) is 2.94. The molecule has 1 aromatic heterocycles. The third-order valence-corrected chi connectivity index (χ3v) is 4.68. The highest BCUT2D eigenvalue weighted by atomic mass is 32.2. The van der Waals surface area contributed by atoms with Crippen LogP contribution in [0, 0.1) is 0 Å². The Morgan fingerprint density at radius 3 is 2.68 bits per heavy atom. The Morgan fingerprint density at radius 2 is 2.16 bits per heavy atom. The normalized spacial score (nSPS) is 15.5. The predicted molar refractivity (Wildman–Crippen MR) is 68.6 cm³/mol. The Balaban J connectivity index is 2.18. The van der Waals surface area contributed by atoms with Crippen LogP contribution in [0.5, 0.6) is 0 Å². The van der Waals surface area contributed by atoms with Gasteiger partial charge >= 0.3 is 6.03 Å². The molecule has 19 heavy (non-hydrogen) atoms. The molecule has 1 aliphatic rings. The third-order valence-electron chi connectivity index (χ3n) is 2.99. The Kier molecular flexibility index (Phi) is 3.88. The first-order chi connectivity index (χ1) is 8.99. The molecule has 106 valence electrons. The lowest BCUT2D eigenvalue weighted by molar-refractivity contribution is 0.196. The van der Waals surface area contributed by atoms with Crippen LogP contribution in [-0.2, 0) is 9.84 Å². The summed E-state index contributed by atoms with van der Waals surface area (Å²) >= 11 is 0. The molecule has 0 aliphatic heterocycles. The molecule has 0 bridgehead atoms. The van der Waals surface area contributed by atoms with Gasteiger partial charge in [0.15, 0.2) is 0 Å². The minimum atomic E-state index is -3.47. The highest BCUT2D eigenvalue weighted by molar-refractivity contribution is 7.91. The van der Waals surface area contributed by atoms with Crippen molar-refractivity contribution in [1.82, 2.24) is 19.7 Å². The minimum absolute atomic E-state index is 0.00861. The number of sulfone groups is 1. The van der Waals surface area contributed by atoms with Gasteiger partial charge < -0.3 is 4.90 Å². The van der Waals surface area contributed by atoms with Crippen molar-refractivity contribution in [2.75, 3.05) is 12.3 Å². The predicted octanol–water partition coefficient (Wildman–Crippen LogP) is 0.914. The first-order valence-corrected chi connectivity index (χ1v) is 8.10. The molecule has 1 heterocycles. The van der Waals surface area contributed by atoms with Gasteiger partial charge in [-0.1, -0.05) is 6.92 Å². The van der Waals surface area contributed by atoms with Crippen molar-refractivity contribution in [3.8, 4) is 0 Å². The van der Waals surface area contributed by atoms with Gasteiger partial charge in [0.1, 0.15) is 6.33 Å². The Bertz CT molecular complexity index is 562. The van der Waals surface area contributed by atoms with Crippen LogP contribution in [0.25, 0.3) is 0 Å². The smallest absolute Gasteiger partial charge is 0.320 e. The Labute approximate surface area is 112 Å². The molecule has 0 saturated heterocycles. The zero-order valence-electron chi connectivity index (χ0n) is 11.1. The van der Waals surface area contributed by atoms with E-state index >= 15 is 0 Å². The maximum absolute atomic E-state index is 12.1. The molecule has 0 unspecified atom stereocenters. The Morgan fingerprint density at radius 1 is 1.47 bits per heavy atom. The number of nitrogens with zero attached hydrogens (tertiary/aromatic N) is 4. The van der Waals surface area contributed by atoms with Gasteiger partial charge in [-0.15, -0.1) is 5.10 Å². The molecular formula is C11H18N4O3S. The monoisotopic (exact) mass is 286 g/mol. The van der Waals surface area contributed by atoms with E-state index in [1.807, 2.05) is 6.92 Å². The summed E-state index contributed by atoms with van der Waals surface area (Å²) in [5, 5.41) is 3.54. The van der Waals surface area contributed by atoms with Crippen LogP contribution in [0.2, 0.25) is 0 Å². The van der Waals surface area contributed by atoms with E-state index in [0.717, 1.165) is 17.5 Å². The van der Waals surface area contributed by atoms with Gasteiger partial charge in [0.25, 0.3) is 5.16 Å². The number of carbonyl (C=O) groups excluding carboxylic acids is 1. The van der Waals surface area contributed by atoms with Gasteiger partial charge in [-0.3, -0.25) is 0 Å². The van der Waals surface area contributed by atoms with Gasteiger partial charge in [0, 0.05) is 12.6 Å². The first-order valence-electron chi connectivity index (χ1n) is 6.45. The van der Waals surface area contributed by atoms with Crippen LogP contribution in [0.15, 0.2) is 11.5 Å². The number of hydrogen-bond acceptors (Lipinski definition) is 5. The van der Waals surface area contributed by atoms with Gasteiger partial charge in [0.2, 0.25) is 9.84 Å². The summed E-state index contributed by atoms with van der Waals surface area (Å²) < 4.78 is 24.6. The van der Waals surface area contributed by atoms with E-state index in [1.54, 1.807) is 11.8 Å². The number of carbonyl (C=O) groups is 1. The molecule has 1 aromatic rings. The molecule has 0 spiro atoms. The summed E-state index contributed by atoms with van der Waals surface area (Å²) in [6.45, 7) is 4.24. The highest BCUT2D eigenvalue weighted by Crippen LogP contribution is 2.27. The molecule has 1 amide bonds. The number of rotatable bonds is 5. The molecule has 0 N–H and O–H groups in total. The van der Waals surface area contributed by atoms with E-state index in [-0.39, 0.29) is 23.0 Å². The van der Waals surface area contributed by atoms with Gasteiger partial charge in [0.05, 0.1) is 5.75 Å². The quantitative estimate of drug-likeness (QED) is 0.803. The van der Waals surface area contributed by atoms with E-state index in [9.17, 15) is 13.2 Å². The second-order valence-corrected chi connectivity index (χ2v) is 6.59. The molecule has 1 fully saturated rings. The lowest BCUT2D eigenvalue weighted by Gasteiger charge is -2.18. The average Bonchev–Trinajstić information content (AvgIpc) is 3.05. The average molecular weight is 286 g/mol. The second kappa shape index (κ2) is 5.28. The molecule has 2 rings (SSSR count). The SMILES string of the molecule is CCCS(=O)(=O)c1ncn(C(=O)N(CC)C2CC2)n1. The topological polar surface area (TPSA) is 85.2 Å². The minimum Gasteiger partial charge on any atom is -0.320 e. The number of aromatic nitrogens is 3. The summed E-state index contributed by atoms with van der Waals surface area (Å²) in [6, 6.07) is -0.0483. The molecular weight excluding hydrogens is 268 g/mol. The van der Waals surface area contributed by atoms with Crippen molar-refractivity contribution < 1.29 is 13.2 Å². The maximum Gasteiger partial charge on any atom is 0.346 e. The van der Waals surface area contributed by atoms with Gasteiger partial charge in [-0.25, -0.2) is 18.2 Å². The summed E-state index contributed by atoms with van der Waals surface area (Å²) in [7, 11) is -3.47. The van der Waals surface area contributed by atoms with E-state index < -0.39 is 9.84 Å². The Hall–Kier alpha value is -1.44. The molecule has 0 aromatic carbocycles. The van der Waals surface area contributed by atoms with Gasteiger partial charge in [-0.05, 0) is 26.2 Å². The van der Waals surface area contributed by atoms with Crippen molar-refractivity contribution >= 4 is 15.9 Å². The van der Waals surface area contributed by atoms with Gasteiger partial charge in [-0.2, -0.15) is 4.68 Å². The summed E-state index contributed by atoms with van der Waals surface area (Å²) in [6.07, 6.45) is 3.66. The molecule has 0 radical (unpaired) electrons. The largest absolute Gasteiger partial charge is 0.346 e. The van der Waals surface area contributed by atoms with E-state index in [0.29, 0.717) is 13.0 Å². The molecule has 7 nitrogen and oxygen atoms in total. The fraction of sp³-hybridized carbons (Fsp3) is 0.727. The zero-order valence-corrected chi connectivity index (χ0v) is 11.9. The molecule has 8 heteroatoms. The maximum atomic E-state index is 12.1. The lowest BCUT2D eigenvalue weighted by Crippen LogP contribution is -2.36. The van der Waals surface area contributed by atoms with Crippen LogP contribution in [0.3, 0.4) is 0 Å². The van der Waals surface area contributed by atoms with E-state index in [2.05, 4.69) is 10.1 Å². The molecule has 1 aliphatic carbocycles. The molecule has 0 atom stereocenters. The second-order valence-electron chi connectivity index (χ2n) is 4.59. The van der Waals surface area contributed by atoms with E-state index in [1.165, 1.54) is 6.33 Å². The molecule has 1 saturated carbocycles. The summed E-state index contributed by atoms with van der Waals surface area (Å²) in [5.41, 5.74) is 0. The zero-order chi connectivity index (χ0) is 14.0.